The molecule has 1 unspecified atom stereocenters. The third-order valence-corrected chi connectivity index (χ3v) is 3.87. The third kappa shape index (κ3) is 2.73. The van der Waals surface area contributed by atoms with E-state index >= 15 is 0 Å². The van der Waals surface area contributed by atoms with Gasteiger partial charge in [0, 0.05) is 16.3 Å². The molecule has 0 saturated carbocycles. The molecule has 1 N–H and O–H groups in total. The third-order valence-electron chi connectivity index (χ3n) is 3.87. The van der Waals surface area contributed by atoms with Crippen LogP contribution in [0.25, 0.3) is 10.8 Å². The quantitative estimate of drug-likeness (QED) is 0.789. The van der Waals surface area contributed by atoms with Crippen LogP contribution in [-0.4, -0.2) is 19.3 Å². The van der Waals surface area contributed by atoms with Gasteiger partial charge in [-0.3, -0.25) is 0 Å². The summed E-state index contributed by atoms with van der Waals surface area (Å²) in [6.07, 6.45) is -1.01. The number of aliphatic hydroxyl groups is 1. The highest BCUT2D eigenvalue weighted by molar-refractivity contribution is 5.94. The second-order valence-corrected chi connectivity index (χ2v) is 5.20. The van der Waals surface area contributed by atoms with Crippen molar-refractivity contribution >= 4 is 10.8 Å². The Labute approximate surface area is 133 Å². The molecule has 0 aliphatic carbocycles. The molecule has 3 rings (SSSR count). The summed E-state index contributed by atoms with van der Waals surface area (Å²) < 4.78 is 24.4. The zero-order chi connectivity index (χ0) is 16.4. The molecule has 0 fully saturated rings. The van der Waals surface area contributed by atoms with Crippen LogP contribution in [0.4, 0.5) is 4.39 Å². The summed E-state index contributed by atoms with van der Waals surface area (Å²) in [5.41, 5.74) is 0.995. The Hall–Kier alpha value is -2.59. The molecule has 3 nitrogen and oxygen atoms in total. The van der Waals surface area contributed by atoms with Crippen molar-refractivity contribution in [3.8, 4) is 11.5 Å². The van der Waals surface area contributed by atoms with E-state index in [0.717, 1.165) is 10.8 Å². The van der Waals surface area contributed by atoms with Gasteiger partial charge >= 0.3 is 0 Å². The number of fused-ring (bicyclic) bond motifs is 1. The summed E-state index contributed by atoms with van der Waals surface area (Å²) >= 11 is 0. The van der Waals surface area contributed by atoms with Crippen molar-refractivity contribution in [2.45, 2.75) is 6.10 Å². The first-order valence-electron chi connectivity index (χ1n) is 7.23. The van der Waals surface area contributed by atoms with Crippen molar-refractivity contribution < 1.29 is 19.0 Å². The van der Waals surface area contributed by atoms with Gasteiger partial charge in [0.05, 0.1) is 14.2 Å². The van der Waals surface area contributed by atoms with Crippen molar-refractivity contribution in [1.29, 1.82) is 0 Å². The van der Waals surface area contributed by atoms with E-state index in [-0.39, 0.29) is 0 Å². The molecule has 0 saturated heterocycles. The van der Waals surface area contributed by atoms with Crippen molar-refractivity contribution in [3.63, 3.8) is 0 Å². The summed E-state index contributed by atoms with van der Waals surface area (Å²) in [5.74, 6) is 0.790. The molecule has 0 spiro atoms. The lowest BCUT2D eigenvalue weighted by Gasteiger charge is -2.19. The van der Waals surface area contributed by atoms with Crippen LogP contribution in [0.1, 0.15) is 17.2 Å². The van der Waals surface area contributed by atoms with Crippen LogP contribution in [-0.2, 0) is 0 Å². The van der Waals surface area contributed by atoms with Gasteiger partial charge in [-0.25, -0.2) is 4.39 Å². The predicted molar refractivity (Wildman–Crippen MR) is 87.5 cm³/mol. The van der Waals surface area contributed by atoms with Crippen molar-refractivity contribution in [2.75, 3.05) is 14.2 Å². The molecule has 0 amide bonds. The van der Waals surface area contributed by atoms with E-state index < -0.39 is 11.9 Å². The van der Waals surface area contributed by atoms with Crippen LogP contribution in [0.5, 0.6) is 11.5 Å². The number of ether oxygens (including phenoxy) is 2. The van der Waals surface area contributed by atoms with Gasteiger partial charge in [0.25, 0.3) is 0 Å². The Morgan fingerprint density at radius 2 is 1.65 bits per heavy atom. The lowest BCUT2D eigenvalue weighted by molar-refractivity contribution is 0.214. The number of benzene rings is 3. The van der Waals surface area contributed by atoms with Crippen molar-refractivity contribution in [1.82, 2.24) is 0 Å². The zero-order valence-corrected chi connectivity index (χ0v) is 12.9. The standard InChI is InChI=1S/C19H17FO3/c1-22-17-11-16(18(21)12-6-5-7-13(20)10-12)19(23-2)15-9-4-3-8-14(15)17/h3-11,18,21H,1-2H3. The second kappa shape index (κ2) is 6.26. The van der Waals surface area contributed by atoms with Crippen molar-refractivity contribution in [3.05, 3.63) is 71.5 Å². The summed E-state index contributed by atoms with van der Waals surface area (Å²) in [6.45, 7) is 0. The summed E-state index contributed by atoms with van der Waals surface area (Å²) in [4.78, 5) is 0. The van der Waals surface area contributed by atoms with Gasteiger partial charge in [-0.15, -0.1) is 0 Å². The van der Waals surface area contributed by atoms with Crippen LogP contribution < -0.4 is 9.47 Å². The SMILES string of the molecule is COc1cc(C(O)c2cccc(F)c2)c(OC)c2ccccc12. The van der Waals surface area contributed by atoms with Gasteiger partial charge in [0.15, 0.2) is 0 Å². The van der Waals surface area contributed by atoms with E-state index in [2.05, 4.69) is 0 Å². The maximum atomic E-state index is 13.5. The second-order valence-electron chi connectivity index (χ2n) is 5.20. The fraction of sp³-hybridized carbons (Fsp3) is 0.158. The van der Waals surface area contributed by atoms with E-state index in [0.29, 0.717) is 22.6 Å². The zero-order valence-electron chi connectivity index (χ0n) is 12.9. The van der Waals surface area contributed by atoms with E-state index in [4.69, 9.17) is 9.47 Å². The number of hydrogen-bond donors (Lipinski definition) is 1. The number of aliphatic hydroxyl groups excluding tert-OH is 1. The molecule has 0 bridgehead atoms. The van der Waals surface area contributed by atoms with Crippen LogP contribution in [0, 0.1) is 5.82 Å². The van der Waals surface area contributed by atoms with Crippen molar-refractivity contribution in [2.24, 2.45) is 0 Å². The average Bonchev–Trinajstić information content (AvgIpc) is 2.59. The van der Waals surface area contributed by atoms with E-state index in [9.17, 15) is 9.50 Å². The summed E-state index contributed by atoms with van der Waals surface area (Å²) in [7, 11) is 3.13. The molecule has 118 valence electrons. The summed E-state index contributed by atoms with van der Waals surface area (Å²) in [6, 6.07) is 15.3. The predicted octanol–water partition coefficient (Wildman–Crippen LogP) is 4.08. The average molecular weight is 312 g/mol. The fourth-order valence-electron chi connectivity index (χ4n) is 2.79. The Balaban J connectivity index is 2.24. The van der Waals surface area contributed by atoms with Gasteiger partial charge in [-0.2, -0.15) is 0 Å². The Morgan fingerprint density at radius 1 is 0.913 bits per heavy atom. The molecule has 3 aromatic rings. The minimum Gasteiger partial charge on any atom is -0.496 e. The molecule has 0 aliphatic heterocycles. The molecule has 0 aliphatic rings. The molecular formula is C19H17FO3. The lowest BCUT2D eigenvalue weighted by Crippen LogP contribution is -2.04. The minimum absolute atomic E-state index is 0.395. The molecule has 0 heterocycles. The normalized spacial score (nSPS) is 12.2. The molecule has 23 heavy (non-hydrogen) atoms. The van der Waals surface area contributed by atoms with E-state index in [1.54, 1.807) is 32.4 Å². The van der Waals surface area contributed by atoms with Gasteiger partial charge in [0.1, 0.15) is 23.4 Å². The largest absolute Gasteiger partial charge is 0.496 e. The molecule has 0 radical (unpaired) electrons. The Bertz CT molecular complexity index is 845. The number of rotatable bonds is 4. The van der Waals surface area contributed by atoms with Gasteiger partial charge < -0.3 is 14.6 Å². The molecule has 1 atom stereocenters. The van der Waals surface area contributed by atoms with Gasteiger partial charge in [0.2, 0.25) is 0 Å². The number of methoxy groups -OCH3 is 2. The lowest BCUT2D eigenvalue weighted by atomic mass is 9.96. The molecule has 3 aromatic carbocycles. The highest BCUT2D eigenvalue weighted by atomic mass is 19.1. The first kappa shape index (κ1) is 15.3. The highest BCUT2D eigenvalue weighted by Gasteiger charge is 2.20. The van der Waals surface area contributed by atoms with Crippen LogP contribution in [0.15, 0.2) is 54.6 Å². The maximum absolute atomic E-state index is 13.5. The van der Waals surface area contributed by atoms with Gasteiger partial charge in [-0.05, 0) is 23.8 Å². The minimum atomic E-state index is -1.01. The first-order chi connectivity index (χ1) is 11.2. The first-order valence-corrected chi connectivity index (χ1v) is 7.23. The fourth-order valence-corrected chi connectivity index (χ4v) is 2.79. The highest BCUT2D eigenvalue weighted by Crippen LogP contribution is 2.41. The number of halogens is 1. The topological polar surface area (TPSA) is 38.7 Å². The Morgan fingerprint density at radius 3 is 2.30 bits per heavy atom. The molecule has 0 aromatic heterocycles. The Kier molecular flexibility index (Phi) is 4.17. The summed E-state index contributed by atoms with van der Waals surface area (Å²) in [5, 5.41) is 12.4. The monoisotopic (exact) mass is 312 g/mol. The van der Waals surface area contributed by atoms with Crippen LogP contribution >= 0.6 is 0 Å². The smallest absolute Gasteiger partial charge is 0.133 e. The molecular weight excluding hydrogens is 295 g/mol. The van der Waals surface area contributed by atoms with E-state index in [1.165, 1.54) is 12.1 Å². The van der Waals surface area contributed by atoms with Crippen LogP contribution in [0.2, 0.25) is 0 Å². The maximum Gasteiger partial charge on any atom is 0.133 e. The number of hydrogen-bond acceptors (Lipinski definition) is 3. The van der Waals surface area contributed by atoms with Crippen LogP contribution in [0.3, 0.4) is 0 Å². The van der Waals surface area contributed by atoms with E-state index in [1.807, 2.05) is 24.3 Å². The molecule has 4 heteroatoms. The van der Waals surface area contributed by atoms with Gasteiger partial charge in [-0.1, -0.05) is 36.4 Å².